The maximum absolute atomic E-state index is 10.6. The summed E-state index contributed by atoms with van der Waals surface area (Å²) >= 11 is 0. The number of aliphatic carboxylic acids is 1. The zero-order valence-electron chi connectivity index (χ0n) is 10.6. The highest BCUT2D eigenvalue weighted by Crippen LogP contribution is 2.18. The number of hydrogen-bond donors (Lipinski definition) is 2. The number of ether oxygens (including phenoxy) is 1. The molecule has 0 unspecified atom stereocenters. The van der Waals surface area contributed by atoms with Crippen molar-refractivity contribution in [2.45, 2.75) is 32.1 Å². The fourth-order valence-corrected chi connectivity index (χ4v) is 2.73. The predicted molar refractivity (Wildman–Crippen MR) is 69.3 cm³/mol. The average molecular weight is 260 g/mol. The predicted octanol–water partition coefficient (Wildman–Crippen LogP) is -0.141. The van der Waals surface area contributed by atoms with Crippen LogP contribution in [0.4, 0.5) is 0 Å². The number of carboxylic acid groups (broad SMARTS) is 1. The molecule has 1 aromatic heterocycles. The van der Waals surface area contributed by atoms with Gasteiger partial charge in [-0.2, -0.15) is 0 Å². The topological polar surface area (TPSA) is 71.5 Å². The van der Waals surface area contributed by atoms with Crippen molar-refractivity contribution in [2.24, 2.45) is 0 Å². The van der Waals surface area contributed by atoms with Gasteiger partial charge in [0.1, 0.15) is 5.76 Å². The van der Waals surface area contributed by atoms with Gasteiger partial charge in [-0.15, -0.1) is 0 Å². The van der Waals surface area contributed by atoms with Crippen molar-refractivity contribution < 1.29 is 14.6 Å². The van der Waals surface area contributed by atoms with Crippen LogP contribution in [-0.4, -0.2) is 22.8 Å². The maximum Gasteiger partial charge on any atom is 0.303 e. The lowest BCUT2D eigenvalue weighted by atomic mass is 10.1. The first-order chi connectivity index (χ1) is 9.25. The van der Waals surface area contributed by atoms with Crippen molar-refractivity contribution in [3.8, 4) is 0 Å². The zero-order chi connectivity index (χ0) is 13.2. The van der Waals surface area contributed by atoms with Crippen LogP contribution in [0.25, 0.3) is 12.0 Å². The molecular formula is C14H16N2O3. The van der Waals surface area contributed by atoms with Gasteiger partial charge in [0, 0.05) is 41.4 Å². The Hall–Kier alpha value is -2.04. The molecule has 0 atom stereocenters. The Labute approximate surface area is 110 Å². The third-order valence-corrected chi connectivity index (χ3v) is 3.57. The molecule has 0 bridgehead atoms. The van der Waals surface area contributed by atoms with Crippen LogP contribution in [0.3, 0.4) is 0 Å². The summed E-state index contributed by atoms with van der Waals surface area (Å²) in [5, 5.41) is 14.0. The number of carbonyl (C=O) groups is 1. The number of nitrogens with one attached hydrogen (secondary N) is 1. The smallest absolute Gasteiger partial charge is 0.303 e. The molecular weight excluding hydrogens is 244 g/mol. The molecule has 1 aliphatic heterocycles. The van der Waals surface area contributed by atoms with Crippen LogP contribution in [0.2, 0.25) is 0 Å². The third-order valence-electron chi connectivity index (χ3n) is 3.57. The minimum absolute atomic E-state index is 0.193. The SMILES string of the molecule is O=C(O)CCCc1ncc2c3c1CCC=3OCNC=2. The summed E-state index contributed by atoms with van der Waals surface area (Å²) in [6.45, 7) is 0.498. The van der Waals surface area contributed by atoms with Gasteiger partial charge in [-0.1, -0.05) is 0 Å². The van der Waals surface area contributed by atoms with Crippen LogP contribution < -0.4 is 15.8 Å². The molecule has 0 saturated heterocycles. The Balaban J connectivity index is 1.96. The lowest BCUT2D eigenvalue weighted by molar-refractivity contribution is -0.137. The molecule has 100 valence electrons. The molecule has 5 heteroatoms. The molecule has 0 radical (unpaired) electrons. The van der Waals surface area contributed by atoms with Gasteiger partial charge in [0.2, 0.25) is 0 Å². The van der Waals surface area contributed by atoms with E-state index in [4.69, 9.17) is 9.84 Å². The van der Waals surface area contributed by atoms with Crippen LogP contribution in [0, 0.1) is 0 Å². The summed E-state index contributed by atoms with van der Waals surface area (Å²) in [7, 11) is 0. The molecule has 1 aliphatic carbocycles. The summed E-state index contributed by atoms with van der Waals surface area (Å²) in [5.41, 5.74) is 2.26. The van der Waals surface area contributed by atoms with Gasteiger partial charge in [-0.25, -0.2) is 0 Å². The second-order valence-electron chi connectivity index (χ2n) is 4.82. The van der Waals surface area contributed by atoms with Gasteiger partial charge in [-0.3, -0.25) is 9.78 Å². The number of hydrogen-bond acceptors (Lipinski definition) is 4. The third kappa shape index (κ3) is 2.28. The van der Waals surface area contributed by atoms with Crippen molar-refractivity contribution in [3.63, 3.8) is 0 Å². The van der Waals surface area contributed by atoms with Gasteiger partial charge in [0.15, 0.2) is 6.73 Å². The summed E-state index contributed by atoms with van der Waals surface area (Å²) in [5.74, 6) is 0.285. The molecule has 2 aliphatic rings. The van der Waals surface area contributed by atoms with Crippen LogP contribution in [-0.2, 0) is 22.4 Å². The molecule has 19 heavy (non-hydrogen) atoms. The van der Waals surface area contributed by atoms with Gasteiger partial charge >= 0.3 is 5.97 Å². The van der Waals surface area contributed by atoms with Crippen molar-refractivity contribution >= 4 is 17.9 Å². The number of aromatic nitrogens is 1. The number of nitrogens with zero attached hydrogens (tertiary/aromatic N) is 1. The van der Waals surface area contributed by atoms with Crippen molar-refractivity contribution in [1.82, 2.24) is 10.3 Å². The normalized spacial score (nSPS) is 15.9. The molecule has 1 aromatic rings. The average Bonchev–Trinajstić information content (AvgIpc) is 2.69. The monoisotopic (exact) mass is 260 g/mol. The van der Waals surface area contributed by atoms with Crippen LogP contribution in [0.5, 0.6) is 0 Å². The van der Waals surface area contributed by atoms with Crippen molar-refractivity contribution in [1.29, 1.82) is 0 Å². The molecule has 0 aromatic carbocycles. The van der Waals surface area contributed by atoms with Gasteiger partial charge < -0.3 is 15.2 Å². The Bertz CT molecular complexity index is 637. The number of pyridine rings is 1. The second kappa shape index (κ2) is 4.91. The van der Waals surface area contributed by atoms with E-state index >= 15 is 0 Å². The van der Waals surface area contributed by atoms with E-state index in [1.807, 2.05) is 12.4 Å². The number of rotatable bonds is 4. The molecule has 2 heterocycles. The van der Waals surface area contributed by atoms with E-state index in [1.165, 1.54) is 10.8 Å². The summed E-state index contributed by atoms with van der Waals surface area (Å²) in [6.07, 6.45) is 7.19. The van der Waals surface area contributed by atoms with Crippen LogP contribution >= 0.6 is 0 Å². The molecule has 5 nitrogen and oxygen atoms in total. The molecule has 0 amide bonds. The van der Waals surface area contributed by atoms with E-state index in [9.17, 15) is 4.79 Å². The van der Waals surface area contributed by atoms with Crippen molar-refractivity contribution in [2.75, 3.05) is 6.73 Å². The van der Waals surface area contributed by atoms with E-state index in [0.717, 1.165) is 35.9 Å². The Kier molecular flexibility index (Phi) is 3.11. The standard InChI is InChI=1S/C14H16N2O3/c17-13(18)3-1-2-11-10-4-5-12-14(10)9(7-16-11)6-15-8-19-12/h6-7,15H,1-5,8H2,(H,17,18). The highest BCUT2D eigenvalue weighted by Gasteiger charge is 2.19. The fourth-order valence-electron chi connectivity index (χ4n) is 2.73. The minimum Gasteiger partial charge on any atom is -0.481 e. The Morgan fingerprint density at radius 1 is 1.47 bits per heavy atom. The zero-order valence-corrected chi connectivity index (χ0v) is 10.6. The van der Waals surface area contributed by atoms with E-state index in [0.29, 0.717) is 13.2 Å². The van der Waals surface area contributed by atoms with Crippen LogP contribution in [0.1, 0.15) is 30.5 Å². The number of aryl methyl sites for hydroxylation is 1. The lowest BCUT2D eigenvalue weighted by Crippen LogP contribution is -2.30. The molecule has 0 saturated carbocycles. The summed E-state index contributed by atoms with van der Waals surface area (Å²) < 4.78 is 5.68. The minimum atomic E-state index is -0.751. The highest BCUT2D eigenvalue weighted by molar-refractivity contribution is 5.66. The van der Waals surface area contributed by atoms with E-state index < -0.39 is 5.97 Å². The first-order valence-electron chi connectivity index (χ1n) is 6.54. The molecule has 3 rings (SSSR count). The van der Waals surface area contributed by atoms with E-state index in [1.54, 1.807) is 0 Å². The second-order valence-corrected chi connectivity index (χ2v) is 4.82. The summed E-state index contributed by atoms with van der Waals surface area (Å²) in [6, 6.07) is 0. The Morgan fingerprint density at radius 3 is 3.21 bits per heavy atom. The largest absolute Gasteiger partial charge is 0.481 e. The fraction of sp³-hybridized carbons (Fsp3) is 0.429. The maximum atomic E-state index is 10.6. The van der Waals surface area contributed by atoms with Gasteiger partial charge in [0.25, 0.3) is 0 Å². The number of carboxylic acids is 1. The summed E-state index contributed by atoms with van der Waals surface area (Å²) in [4.78, 5) is 15.1. The first kappa shape index (κ1) is 12.0. The molecule has 0 spiro atoms. The van der Waals surface area contributed by atoms with Gasteiger partial charge in [-0.05, 0) is 24.8 Å². The van der Waals surface area contributed by atoms with Gasteiger partial charge in [0.05, 0.1) is 0 Å². The molecule has 0 fully saturated rings. The van der Waals surface area contributed by atoms with Crippen molar-refractivity contribution in [3.05, 3.63) is 27.9 Å². The first-order valence-corrected chi connectivity index (χ1v) is 6.54. The molecule has 2 N–H and O–H groups in total. The van der Waals surface area contributed by atoms with E-state index in [2.05, 4.69) is 10.3 Å². The van der Waals surface area contributed by atoms with E-state index in [-0.39, 0.29) is 6.42 Å². The quantitative estimate of drug-likeness (QED) is 0.788. The Morgan fingerprint density at radius 2 is 2.37 bits per heavy atom. The lowest BCUT2D eigenvalue weighted by Gasteiger charge is -2.05. The highest BCUT2D eigenvalue weighted by atomic mass is 16.5. The van der Waals surface area contributed by atoms with Crippen LogP contribution in [0.15, 0.2) is 6.20 Å².